The third-order valence-corrected chi connectivity index (χ3v) is 5.74. The van der Waals surface area contributed by atoms with Gasteiger partial charge in [-0.05, 0) is 49.2 Å². The van der Waals surface area contributed by atoms with E-state index in [9.17, 15) is 13.2 Å². The summed E-state index contributed by atoms with van der Waals surface area (Å²) in [5.74, 6) is 0.420. The summed E-state index contributed by atoms with van der Waals surface area (Å²) in [5, 5.41) is 0. The molecule has 0 aliphatic carbocycles. The summed E-state index contributed by atoms with van der Waals surface area (Å²) in [6.07, 6.45) is 1.99. The summed E-state index contributed by atoms with van der Waals surface area (Å²) in [4.78, 5) is 14.4. The molecule has 3 rings (SSSR count). The fourth-order valence-electron chi connectivity index (χ4n) is 3.10. The van der Waals surface area contributed by atoms with Gasteiger partial charge in [0.2, 0.25) is 10.0 Å². The van der Waals surface area contributed by atoms with Gasteiger partial charge < -0.3 is 9.64 Å². The van der Waals surface area contributed by atoms with E-state index in [1.54, 1.807) is 29.2 Å². The summed E-state index contributed by atoms with van der Waals surface area (Å²) >= 11 is 0. The van der Waals surface area contributed by atoms with Crippen molar-refractivity contribution in [2.45, 2.75) is 19.4 Å². The van der Waals surface area contributed by atoms with Crippen LogP contribution in [0.15, 0.2) is 48.5 Å². The van der Waals surface area contributed by atoms with Gasteiger partial charge in [0.1, 0.15) is 5.75 Å². The number of rotatable bonds is 5. The zero-order valence-electron chi connectivity index (χ0n) is 15.0. The van der Waals surface area contributed by atoms with E-state index < -0.39 is 10.0 Å². The second-order valence-corrected chi connectivity index (χ2v) is 8.47. The Hall–Kier alpha value is -2.54. The number of fused-ring (bicyclic) bond motifs is 1. The number of sulfonamides is 1. The van der Waals surface area contributed by atoms with Crippen molar-refractivity contribution in [2.75, 3.05) is 29.1 Å². The zero-order chi connectivity index (χ0) is 18.9. The standard InChI is InChI=1S/C19H22N2O4S/c1-14-12-15-6-4-5-7-18(15)21(14)19(22)13-25-17-10-8-16(9-11-17)20(2)26(3,23)24/h4-11,14H,12-13H2,1-3H3/t14-/m1/s1. The van der Waals surface area contributed by atoms with Crippen LogP contribution in [0.1, 0.15) is 12.5 Å². The molecule has 2 aromatic rings. The van der Waals surface area contributed by atoms with Crippen LogP contribution in [-0.4, -0.2) is 40.3 Å². The minimum Gasteiger partial charge on any atom is -0.484 e. The minimum absolute atomic E-state index is 0.0695. The van der Waals surface area contributed by atoms with Crippen LogP contribution in [0.5, 0.6) is 5.75 Å². The zero-order valence-corrected chi connectivity index (χ0v) is 15.9. The van der Waals surface area contributed by atoms with Crippen molar-refractivity contribution in [2.24, 2.45) is 0 Å². The highest BCUT2D eigenvalue weighted by molar-refractivity contribution is 7.92. The Morgan fingerprint density at radius 3 is 2.50 bits per heavy atom. The smallest absolute Gasteiger partial charge is 0.265 e. The SMILES string of the molecule is C[C@@H]1Cc2ccccc2N1C(=O)COc1ccc(N(C)S(C)(=O)=O)cc1. The van der Waals surface area contributed by atoms with Crippen molar-refractivity contribution in [3.8, 4) is 5.75 Å². The molecular formula is C19H22N2O4S. The molecule has 1 heterocycles. The van der Waals surface area contributed by atoms with Gasteiger partial charge in [0, 0.05) is 18.8 Å². The number of amides is 1. The van der Waals surface area contributed by atoms with Crippen molar-refractivity contribution in [3.05, 3.63) is 54.1 Å². The van der Waals surface area contributed by atoms with E-state index >= 15 is 0 Å². The number of hydrogen-bond donors (Lipinski definition) is 0. The molecule has 0 aromatic heterocycles. The van der Waals surface area contributed by atoms with Gasteiger partial charge in [-0.25, -0.2) is 8.42 Å². The Morgan fingerprint density at radius 1 is 1.19 bits per heavy atom. The third-order valence-electron chi connectivity index (χ3n) is 4.54. The number of nitrogens with zero attached hydrogens (tertiary/aromatic N) is 2. The summed E-state index contributed by atoms with van der Waals surface area (Å²) < 4.78 is 29.9. The van der Waals surface area contributed by atoms with Gasteiger partial charge in [0.25, 0.3) is 5.91 Å². The Balaban J connectivity index is 1.65. The van der Waals surface area contributed by atoms with Crippen molar-refractivity contribution in [3.63, 3.8) is 0 Å². The number of carbonyl (C=O) groups is 1. The Morgan fingerprint density at radius 2 is 1.85 bits per heavy atom. The second-order valence-electron chi connectivity index (χ2n) is 6.46. The monoisotopic (exact) mass is 374 g/mol. The number of ether oxygens (including phenoxy) is 1. The molecule has 7 heteroatoms. The molecule has 0 saturated heterocycles. The first-order chi connectivity index (χ1) is 12.3. The molecule has 0 N–H and O–H groups in total. The third kappa shape index (κ3) is 3.67. The fourth-order valence-corrected chi connectivity index (χ4v) is 3.61. The predicted octanol–water partition coefficient (Wildman–Crippen LogP) is 2.44. The van der Waals surface area contributed by atoms with E-state index in [1.807, 2.05) is 31.2 Å². The maximum Gasteiger partial charge on any atom is 0.265 e. The van der Waals surface area contributed by atoms with Gasteiger partial charge >= 0.3 is 0 Å². The largest absolute Gasteiger partial charge is 0.484 e. The van der Waals surface area contributed by atoms with Crippen molar-refractivity contribution < 1.29 is 17.9 Å². The number of hydrogen-bond acceptors (Lipinski definition) is 4. The minimum atomic E-state index is -3.31. The highest BCUT2D eigenvalue weighted by Gasteiger charge is 2.30. The molecule has 2 aromatic carbocycles. The molecular weight excluding hydrogens is 352 g/mol. The molecule has 0 bridgehead atoms. The van der Waals surface area contributed by atoms with Crippen LogP contribution in [0.2, 0.25) is 0 Å². The molecule has 0 spiro atoms. The van der Waals surface area contributed by atoms with Gasteiger partial charge in [-0.3, -0.25) is 9.10 Å². The van der Waals surface area contributed by atoms with E-state index in [1.165, 1.54) is 16.9 Å². The predicted molar refractivity (Wildman–Crippen MR) is 102 cm³/mol. The summed E-state index contributed by atoms with van der Waals surface area (Å²) in [6.45, 7) is 1.95. The second kappa shape index (κ2) is 6.99. The molecule has 1 amide bonds. The Bertz CT molecular complexity index is 909. The number of benzene rings is 2. The van der Waals surface area contributed by atoms with E-state index in [0.29, 0.717) is 11.4 Å². The molecule has 138 valence electrons. The normalized spacial score (nSPS) is 16.3. The molecule has 26 heavy (non-hydrogen) atoms. The Labute approximate surface area is 154 Å². The summed E-state index contributed by atoms with van der Waals surface area (Å²) in [6, 6.07) is 14.6. The van der Waals surface area contributed by atoms with Crippen molar-refractivity contribution in [1.82, 2.24) is 0 Å². The van der Waals surface area contributed by atoms with Crippen molar-refractivity contribution in [1.29, 1.82) is 0 Å². The van der Waals surface area contributed by atoms with Crippen LogP contribution >= 0.6 is 0 Å². The lowest BCUT2D eigenvalue weighted by Gasteiger charge is -2.23. The van der Waals surface area contributed by atoms with Gasteiger partial charge in [0.05, 0.1) is 11.9 Å². The lowest BCUT2D eigenvalue weighted by atomic mass is 10.1. The molecule has 0 radical (unpaired) electrons. The van der Waals surface area contributed by atoms with Crippen molar-refractivity contribution >= 4 is 27.3 Å². The van der Waals surface area contributed by atoms with E-state index in [2.05, 4.69) is 0 Å². The average Bonchev–Trinajstić information content (AvgIpc) is 2.94. The molecule has 6 nitrogen and oxygen atoms in total. The lowest BCUT2D eigenvalue weighted by molar-refractivity contribution is -0.120. The summed E-state index contributed by atoms with van der Waals surface area (Å²) in [7, 11) is -1.82. The molecule has 1 atom stereocenters. The Kier molecular flexibility index (Phi) is 4.91. The van der Waals surface area contributed by atoms with Crippen LogP contribution in [0.4, 0.5) is 11.4 Å². The van der Waals surface area contributed by atoms with Gasteiger partial charge in [-0.15, -0.1) is 0 Å². The maximum absolute atomic E-state index is 12.6. The van der Waals surface area contributed by atoms with Gasteiger partial charge in [-0.1, -0.05) is 18.2 Å². The number of para-hydroxylation sites is 1. The molecule has 0 saturated carbocycles. The van der Waals surface area contributed by atoms with Gasteiger partial charge in [0.15, 0.2) is 6.61 Å². The van der Waals surface area contributed by atoms with Crippen LogP contribution in [0.3, 0.4) is 0 Å². The van der Waals surface area contributed by atoms with Crippen LogP contribution in [0.25, 0.3) is 0 Å². The topological polar surface area (TPSA) is 66.9 Å². The van der Waals surface area contributed by atoms with E-state index in [-0.39, 0.29) is 18.6 Å². The number of carbonyl (C=O) groups excluding carboxylic acids is 1. The average molecular weight is 374 g/mol. The van der Waals surface area contributed by atoms with E-state index in [4.69, 9.17) is 4.74 Å². The van der Waals surface area contributed by atoms with Gasteiger partial charge in [-0.2, -0.15) is 0 Å². The summed E-state index contributed by atoms with van der Waals surface area (Å²) in [5.41, 5.74) is 2.65. The number of anilines is 2. The highest BCUT2D eigenvalue weighted by atomic mass is 32.2. The first-order valence-corrected chi connectivity index (χ1v) is 10.2. The van der Waals surface area contributed by atoms with E-state index in [0.717, 1.165) is 18.4 Å². The first-order valence-electron chi connectivity index (χ1n) is 8.34. The molecule has 0 fully saturated rings. The lowest BCUT2D eigenvalue weighted by Crippen LogP contribution is -2.39. The van der Waals surface area contributed by atoms with Crippen LogP contribution in [0, 0.1) is 0 Å². The molecule has 1 aliphatic heterocycles. The quantitative estimate of drug-likeness (QED) is 0.806. The first kappa shape index (κ1) is 18.3. The molecule has 0 unspecified atom stereocenters. The highest BCUT2D eigenvalue weighted by Crippen LogP contribution is 2.31. The molecule has 1 aliphatic rings. The fraction of sp³-hybridized carbons (Fsp3) is 0.316. The van der Waals surface area contributed by atoms with Crippen LogP contribution < -0.4 is 13.9 Å². The maximum atomic E-state index is 12.6. The van der Waals surface area contributed by atoms with Crippen LogP contribution in [-0.2, 0) is 21.2 Å².